The number of para-hydroxylation sites is 1. The maximum absolute atomic E-state index is 12.9. The Bertz CT molecular complexity index is 659. The van der Waals surface area contributed by atoms with E-state index in [4.69, 9.17) is 23.2 Å². The Morgan fingerprint density at radius 1 is 1.05 bits per heavy atom. The Labute approximate surface area is 129 Å². The highest BCUT2D eigenvalue weighted by molar-refractivity contribution is 6.33. The zero-order valence-corrected chi connectivity index (χ0v) is 12.0. The second-order valence-corrected chi connectivity index (χ2v) is 5.11. The summed E-state index contributed by atoms with van der Waals surface area (Å²) in [5.41, 5.74) is -0.401. The van der Waals surface area contributed by atoms with Crippen LogP contribution < -0.4 is 5.32 Å². The van der Waals surface area contributed by atoms with Gasteiger partial charge in [0.25, 0.3) is 0 Å². The predicted molar refractivity (Wildman–Crippen MR) is 76.9 cm³/mol. The lowest BCUT2D eigenvalue weighted by atomic mass is 10.1. The smallest absolute Gasteiger partial charge is 0.418 e. The van der Waals surface area contributed by atoms with Crippen molar-refractivity contribution >= 4 is 28.9 Å². The van der Waals surface area contributed by atoms with Crippen LogP contribution in [0.25, 0.3) is 0 Å². The fraction of sp³-hybridized carbons (Fsp3) is 0.143. The van der Waals surface area contributed by atoms with Crippen molar-refractivity contribution < 1.29 is 18.3 Å². The number of phenols is 1. The topological polar surface area (TPSA) is 32.3 Å². The Kier molecular flexibility index (Phi) is 4.54. The lowest BCUT2D eigenvalue weighted by Gasteiger charge is -2.16. The zero-order chi connectivity index (χ0) is 15.6. The molecule has 2 nitrogen and oxygen atoms in total. The van der Waals surface area contributed by atoms with E-state index in [-0.39, 0.29) is 28.0 Å². The van der Waals surface area contributed by atoms with E-state index in [0.717, 1.165) is 6.07 Å². The molecule has 0 saturated heterocycles. The van der Waals surface area contributed by atoms with E-state index in [0.29, 0.717) is 5.56 Å². The SMILES string of the molecule is Oc1ccc(CNc2c(Cl)cccc2C(F)(F)F)cc1Cl. The van der Waals surface area contributed by atoms with Gasteiger partial charge in [0.2, 0.25) is 0 Å². The van der Waals surface area contributed by atoms with Gasteiger partial charge >= 0.3 is 6.18 Å². The summed E-state index contributed by atoms with van der Waals surface area (Å²) in [5, 5.41) is 12.1. The van der Waals surface area contributed by atoms with Gasteiger partial charge in [-0.15, -0.1) is 0 Å². The third-order valence-electron chi connectivity index (χ3n) is 2.80. The maximum Gasteiger partial charge on any atom is 0.418 e. The molecule has 0 aliphatic rings. The second-order valence-electron chi connectivity index (χ2n) is 4.30. The van der Waals surface area contributed by atoms with Crippen molar-refractivity contribution in [2.24, 2.45) is 0 Å². The van der Waals surface area contributed by atoms with Gasteiger partial charge in [0, 0.05) is 6.54 Å². The normalized spacial score (nSPS) is 11.5. The van der Waals surface area contributed by atoms with Crippen LogP contribution in [0.1, 0.15) is 11.1 Å². The monoisotopic (exact) mass is 335 g/mol. The van der Waals surface area contributed by atoms with Gasteiger partial charge in [-0.3, -0.25) is 0 Å². The summed E-state index contributed by atoms with van der Waals surface area (Å²) in [6.07, 6.45) is -4.50. The minimum atomic E-state index is -4.50. The van der Waals surface area contributed by atoms with Crippen molar-refractivity contribution in [2.45, 2.75) is 12.7 Å². The number of nitrogens with one attached hydrogen (secondary N) is 1. The molecule has 0 aromatic heterocycles. The van der Waals surface area contributed by atoms with Crippen molar-refractivity contribution in [3.05, 3.63) is 57.6 Å². The molecule has 21 heavy (non-hydrogen) atoms. The summed E-state index contributed by atoms with van der Waals surface area (Å²) in [5.74, 6) is -0.0888. The molecular weight excluding hydrogens is 326 g/mol. The van der Waals surface area contributed by atoms with E-state index < -0.39 is 11.7 Å². The molecule has 0 spiro atoms. The average molecular weight is 336 g/mol. The lowest BCUT2D eigenvalue weighted by Crippen LogP contribution is -2.11. The molecule has 2 aromatic rings. The molecule has 2 N–H and O–H groups in total. The van der Waals surface area contributed by atoms with Crippen molar-refractivity contribution in [3.63, 3.8) is 0 Å². The first-order chi connectivity index (χ1) is 9.79. The standard InChI is InChI=1S/C14H10Cl2F3NO/c15-10-3-1-2-9(14(17,18)19)13(10)20-7-8-4-5-12(21)11(16)6-8/h1-6,20-21H,7H2. The molecule has 7 heteroatoms. The molecule has 0 atom stereocenters. The Balaban J connectivity index is 2.25. The van der Waals surface area contributed by atoms with Crippen molar-refractivity contribution in [1.82, 2.24) is 0 Å². The van der Waals surface area contributed by atoms with Gasteiger partial charge in [0.15, 0.2) is 0 Å². The van der Waals surface area contributed by atoms with Crippen molar-refractivity contribution in [1.29, 1.82) is 0 Å². The summed E-state index contributed by atoms with van der Waals surface area (Å²) in [7, 11) is 0. The molecule has 0 saturated carbocycles. The van der Waals surface area contributed by atoms with Gasteiger partial charge in [0.1, 0.15) is 5.75 Å². The number of anilines is 1. The Morgan fingerprint density at radius 2 is 1.76 bits per heavy atom. The highest BCUT2D eigenvalue weighted by atomic mass is 35.5. The average Bonchev–Trinajstić information content (AvgIpc) is 2.40. The first-order valence-corrected chi connectivity index (χ1v) is 6.61. The van der Waals surface area contributed by atoms with Crippen LogP contribution in [0.5, 0.6) is 5.75 Å². The number of hydrogen-bond donors (Lipinski definition) is 2. The first-order valence-electron chi connectivity index (χ1n) is 5.86. The fourth-order valence-electron chi connectivity index (χ4n) is 1.79. The summed E-state index contributed by atoms with van der Waals surface area (Å²) in [6, 6.07) is 7.97. The van der Waals surface area contributed by atoms with Gasteiger partial charge in [-0.2, -0.15) is 13.2 Å². The number of phenolic OH excluding ortho intramolecular Hbond substituents is 1. The first kappa shape index (κ1) is 15.8. The van der Waals surface area contributed by atoms with Crippen LogP contribution in [0.3, 0.4) is 0 Å². The molecule has 2 rings (SSSR count). The zero-order valence-electron chi connectivity index (χ0n) is 10.5. The molecule has 0 bridgehead atoms. The van der Waals surface area contributed by atoms with Gasteiger partial charge in [-0.1, -0.05) is 35.3 Å². The Hall–Kier alpha value is -1.59. The van der Waals surface area contributed by atoms with Crippen LogP contribution in [-0.2, 0) is 12.7 Å². The highest BCUT2D eigenvalue weighted by Crippen LogP contribution is 2.38. The van der Waals surface area contributed by atoms with Gasteiger partial charge in [-0.05, 0) is 29.8 Å². The van der Waals surface area contributed by atoms with Crippen LogP contribution in [0.15, 0.2) is 36.4 Å². The minimum absolute atomic E-state index is 0.0188. The van der Waals surface area contributed by atoms with E-state index in [1.54, 1.807) is 6.07 Å². The molecule has 0 heterocycles. The van der Waals surface area contributed by atoms with Crippen molar-refractivity contribution in [3.8, 4) is 5.75 Å². The van der Waals surface area contributed by atoms with Crippen LogP contribution in [0.4, 0.5) is 18.9 Å². The van der Waals surface area contributed by atoms with E-state index in [2.05, 4.69) is 5.32 Å². The molecule has 2 aromatic carbocycles. The number of halogens is 5. The number of aromatic hydroxyl groups is 1. The molecule has 112 valence electrons. The summed E-state index contributed by atoms with van der Waals surface area (Å²) >= 11 is 11.6. The predicted octanol–water partition coefficient (Wildman–Crippen LogP) is 5.33. The maximum atomic E-state index is 12.9. The minimum Gasteiger partial charge on any atom is -0.506 e. The van der Waals surface area contributed by atoms with Crippen LogP contribution >= 0.6 is 23.2 Å². The van der Waals surface area contributed by atoms with Gasteiger partial charge < -0.3 is 10.4 Å². The molecule has 0 fully saturated rings. The van der Waals surface area contributed by atoms with Crippen LogP contribution in [0, 0.1) is 0 Å². The molecule has 0 unspecified atom stereocenters. The van der Waals surface area contributed by atoms with Gasteiger partial charge in [0.05, 0.1) is 21.3 Å². The van der Waals surface area contributed by atoms with Gasteiger partial charge in [-0.25, -0.2) is 0 Å². The van der Waals surface area contributed by atoms with Crippen LogP contribution in [-0.4, -0.2) is 5.11 Å². The summed E-state index contributed by atoms with van der Waals surface area (Å²) < 4.78 is 38.8. The Morgan fingerprint density at radius 3 is 2.38 bits per heavy atom. The van der Waals surface area contributed by atoms with E-state index >= 15 is 0 Å². The molecule has 0 aliphatic carbocycles. The summed E-state index contributed by atoms with van der Waals surface area (Å²) in [6.45, 7) is 0.0901. The molecule has 0 radical (unpaired) electrons. The third kappa shape index (κ3) is 3.74. The van der Waals surface area contributed by atoms with E-state index in [1.807, 2.05) is 0 Å². The molecule has 0 amide bonds. The molecular formula is C14H10Cl2F3NO. The van der Waals surface area contributed by atoms with E-state index in [9.17, 15) is 18.3 Å². The number of benzene rings is 2. The number of hydrogen-bond acceptors (Lipinski definition) is 2. The van der Waals surface area contributed by atoms with E-state index in [1.165, 1.54) is 24.3 Å². The number of alkyl halides is 3. The van der Waals surface area contributed by atoms with Crippen LogP contribution in [0.2, 0.25) is 10.0 Å². The highest BCUT2D eigenvalue weighted by Gasteiger charge is 2.34. The quantitative estimate of drug-likeness (QED) is 0.794. The third-order valence-corrected chi connectivity index (χ3v) is 3.42. The fourth-order valence-corrected chi connectivity index (χ4v) is 2.24. The van der Waals surface area contributed by atoms with Crippen molar-refractivity contribution in [2.75, 3.05) is 5.32 Å². The summed E-state index contributed by atoms with van der Waals surface area (Å²) in [4.78, 5) is 0. The second kappa shape index (κ2) is 6.03. The molecule has 0 aliphatic heterocycles. The lowest BCUT2D eigenvalue weighted by molar-refractivity contribution is -0.136. The largest absolute Gasteiger partial charge is 0.506 e. The number of rotatable bonds is 3.